The van der Waals surface area contributed by atoms with E-state index in [1.54, 1.807) is 24.3 Å². The minimum Gasteiger partial charge on any atom is -0.482 e. The van der Waals surface area contributed by atoms with Crippen LogP contribution in [0.1, 0.15) is 0 Å². The average Bonchev–Trinajstić information content (AvgIpc) is 2.79. The first-order valence-corrected chi connectivity index (χ1v) is 11.2. The molecule has 0 spiro atoms. The molecule has 0 bridgehead atoms. The molecule has 1 fully saturated rings. The molecule has 31 heavy (non-hydrogen) atoms. The lowest BCUT2D eigenvalue weighted by Crippen LogP contribution is -2.40. The normalized spacial score (nSPS) is 14.6. The van der Waals surface area contributed by atoms with Crippen LogP contribution >= 0.6 is 11.6 Å². The van der Waals surface area contributed by atoms with Gasteiger partial charge in [-0.15, -0.1) is 0 Å². The van der Waals surface area contributed by atoms with E-state index < -0.39 is 28.5 Å². The lowest BCUT2D eigenvalue weighted by atomic mass is 10.3. The second-order valence-corrected chi connectivity index (χ2v) is 8.81. The third-order valence-electron chi connectivity index (χ3n) is 4.28. The largest absolute Gasteiger partial charge is 0.482 e. The summed E-state index contributed by atoms with van der Waals surface area (Å²) in [6, 6.07) is 12.7. The maximum Gasteiger partial charge on any atom is 0.344 e. The highest BCUT2D eigenvalue weighted by molar-refractivity contribution is 7.89. The van der Waals surface area contributed by atoms with Crippen LogP contribution in [-0.4, -0.2) is 64.1 Å². The maximum atomic E-state index is 12.8. The molecule has 9 nitrogen and oxygen atoms in total. The van der Waals surface area contributed by atoms with E-state index in [4.69, 9.17) is 25.8 Å². The Morgan fingerprint density at radius 3 is 2.48 bits per heavy atom. The lowest BCUT2D eigenvalue weighted by Gasteiger charge is -2.26. The van der Waals surface area contributed by atoms with Crippen molar-refractivity contribution in [3.8, 4) is 5.75 Å². The van der Waals surface area contributed by atoms with E-state index in [1.807, 2.05) is 6.07 Å². The number of ether oxygens (including phenoxy) is 3. The summed E-state index contributed by atoms with van der Waals surface area (Å²) in [5, 5.41) is 2.60. The van der Waals surface area contributed by atoms with Crippen molar-refractivity contribution in [2.45, 2.75) is 4.90 Å². The predicted molar refractivity (Wildman–Crippen MR) is 113 cm³/mol. The van der Waals surface area contributed by atoms with E-state index in [0.717, 1.165) is 0 Å². The van der Waals surface area contributed by atoms with Gasteiger partial charge in [-0.1, -0.05) is 29.8 Å². The molecule has 0 radical (unpaired) electrons. The molecule has 2 aromatic carbocycles. The van der Waals surface area contributed by atoms with Crippen molar-refractivity contribution < 1.29 is 32.2 Å². The Hall–Kier alpha value is -2.66. The summed E-state index contributed by atoms with van der Waals surface area (Å²) in [4.78, 5) is 23.9. The van der Waals surface area contributed by atoms with Crippen LogP contribution in [0.5, 0.6) is 5.75 Å². The molecule has 2 aromatic rings. The molecule has 1 N–H and O–H groups in total. The Morgan fingerprint density at radius 1 is 1.06 bits per heavy atom. The molecule has 166 valence electrons. The van der Waals surface area contributed by atoms with Gasteiger partial charge in [0.05, 0.1) is 28.8 Å². The van der Waals surface area contributed by atoms with Gasteiger partial charge < -0.3 is 19.5 Å². The second-order valence-electron chi connectivity index (χ2n) is 6.47. The van der Waals surface area contributed by atoms with E-state index >= 15 is 0 Å². The number of hydrogen-bond acceptors (Lipinski definition) is 7. The molecule has 1 aliphatic heterocycles. The van der Waals surface area contributed by atoms with E-state index in [1.165, 1.54) is 22.5 Å². The van der Waals surface area contributed by atoms with E-state index in [9.17, 15) is 18.0 Å². The second kappa shape index (κ2) is 10.6. The zero-order chi connectivity index (χ0) is 22.3. The minimum atomic E-state index is -3.76. The summed E-state index contributed by atoms with van der Waals surface area (Å²) >= 11 is 6.09. The number of para-hydroxylation sites is 1. The summed E-state index contributed by atoms with van der Waals surface area (Å²) in [7, 11) is -3.76. The first-order valence-electron chi connectivity index (χ1n) is 9.37. The van der Waals surface area contributed by atoms with Gasteiger partial charge in [-0.3, -0.25) is 4.79 Å². The van der Waals surface area contributed by atoms with Gasteiger partial charge in [0.2, 0.25) is 10.0 Å². The van der Waals surface area contributed by atoms with Crippen molar-refractivity contribution in [3.63, 3.8) is 0 Å². The number of morpholine rings is 1. The summed E-state index contributed by atoms with van der Waals surface area (Å²) in [6.07, 6.45) is 0. The van der Waals surface area contributed by atoms with Gasteiger partial charge in [0.1, 0.15) is 5.75 Å². The van der Waals surface area contributed by atoms with Crippen LogP contribution in [0.4, 0.5) is 5.69 Å². The number of carbonyl (C=O) groups excluding carboxylic acids is 2. The Balaban J connectivity index is 1.55. The maximum absolute atomic E-state index is 12.8. The number of anilines is 1. The fourth-order valence-corrected chi connectivity index (χ4v) is 4.33. The zero-order valence-corrected chi connectivity index (χ0v) is 18.0. The van der Waals surface area contributed by atoms with Crippen LogP contribution in [0.3, 0.4) is 0 Å². The fourth-order valence-electron chi connectivity index (χ4n) is 2.73. The molecule has 0 unspecified atom stereocenters. The van der Waals surface area contributed by atoms with Crippen molar-refractivity contribution >= 4 is 39.2 Å². The van der Waals surface area contributed by atoms with Crippen LogP contribution in [0.2, 0.25) is 5.02 Å². The Morgan fingerprint density at radius 2 is 1.77 bits per heavy atom. The fraction of sp³-hybridized carbons (Fsp3) is 0.300. The zero-order valence-electron chi connectivity index (χ0n) is 16.5. The van der Waals surface area contributed by atoms with Crippen molar-refractivity contribution in [3.05, 3.63) is 53.6 Å². The number of nitrogens with one attached hydrogen (secondary N) is 1. The van der Waals surface area contributed by atoms with Crippen LogP contribution in [0, 0.1) is 0 Å². The first-order chi connectivity index (χ1) is 14.9. The van der Waals surface area contributed by atoms with Gasteiger partial charge in [-0.05, 0) is 30.3 Å². The summed E-state index contributed by atoms with van der Waals surface area (Å²) in [6.45, 7) is 0.186. The Kier molecular flexibility index (Phi) is 7.85. The lowest BCUT2D eigenvalue weighted by molar-refractivity contribution is -0.149. The molecule has 1 amide bonds. The number of carbonyl (C=O) groups is 2. The summed E-state index contributed by atoms with van der Waals surface area (Å²) in [5.74, 6) is -0.904. The molecule has 1 saturated heterocycles. The van der Waals surface area contributed by atoms with E-state index in [-0.39, 0.29) is 35.3 Å². The molecule has 0 aromatic heterocycles. The van der Waals surface area contributed by atoms with Gasteiger partial charge in [-0.2, -0.15) is 4.31 Å². The Labute approximate surface area is 184 Å². The quantitative estimate of drug-likeness (QED) is 0.589. The number of nitrogens with zero attached hydrogens (tertiary/aromatic N) is 1. The number of amides is 1. The highest BCUT2D eigenvalue weighted by Gasteiger charge is 2.27. The predicted octanol–water partition coefficient (Wildman–Crippen LogP) is 1.92. The molecule has 0 aliphatic carbocycles. The molecule has 0 atom stereocenters. The molecule has 3 rings (SSSR count). The first kappa shape index (κ1) is 23.0. The highest BCUT2D eigenvalue weighted by atomic mass is 35.5. The smallest absolute Gasteiger partial charge is 0.344 e. The van der Waals surface area contributed by atoms with Gasteiger partial charge in [0, 0.05) is 13.1 Å². The highest BCUT2D eigenvalue weighted by Crippen LogP contribution is 2.27. The van der Waals surface area contributed by atoms with Crippen molar-refractivity contribution in [2.75, 3.05) is 44.8 Å². The van der Waals surface area contributed by atoms with Crippen molar-refractivity contribution in [2.24, 2.45) is 0 Å². The van der Waals surface area contributed by atoms with Crippen LogP contribution < -0.4 is 10.1 Å². The SMILES string of the molecule is O=C(COC(=O)COc1ccccc1)Nc1cc(S(=O)(=O)N2CCOCC2)ccc1Cl. The average molecular weight is 469 g/mol. The molecular weight excluding hydrogens is 448 g/mol. The monoisotopic (exact) mass is 468 g/mol. The molecular formula is C20H21ClN2O7S. The molecule has 11 heteroatoms. The van der Waals surface area contributed by atoms with Crippen molar-refractivity contribution in [1.29, 1.82) is 0 Å². The minimum absolute atomic E-state index is 0.0117. The summed E-state index contributed by atoms with van der Waals surface area (Å²) in [5.41, 5.74) is 0.0950. The molecule has 1 aliphatic rings. The number of rotatable bonds is 8. The van der Waals surface area contributed by atoms with Gasteiger partial charge >= 0.3 is 5.97 Å². The van der Waals surface area contributed by atoms with E-state index in [0.29, 0.717) is 19.0 Å². The number of halogens is 1. The third kappa shape index (κ3) is 6.41. The Bertz CT molecular complexity index is 1030. The number of benzene rings is 2. The van der Waals surface area contributed by atoms with Crippen molar-refractivity contribution in [1.82, 2.24) is 4.31 Å². The van der Waals surface area contributed by atoms with Crippen LogP contribution in [-0.2, 0) is 29.1 Å². The molecule has 0 saturated carbocycles. The summed E-state index contributed by atoms with van der Waals surface area (Å²) < 4.78 is 42.1. The van der Waals surface area contributed by atoms with Crippen LogP contribution in [0.15, 0.2) is 53.4 Å². The molecule has 1 heterocycles. The number of sulfonamides is 1. The van der Waals surface area contributed by atoms with Crippen LogP contribution in [0.25, 0.3) is 0 Å². The topological polar surface area (TPSA) is 111 Å². The third-order valence-corrected chi connectivity index (χ3v) is 6.51. The van der Waals surface area contributed by atoms with Gasteiger partial charge in [0.15, 0.2) is 13.2 Å². The van der Waals surface area contributed by atoms with E-state index in [2.05, 4.69) is 5.32 Å². The number of hydrogen-bond donors (Lipinski definition) is 1. The van der Waals surface area contributed by atoms with Gasteiger partial charge in [0.25, 0.3) is 5.91 Å². The number of esters is 1. The van der Waals surface area contributed by atoms with Gasteiger partial charge in [-0.25, -0.2) is 13.2 Å². The standard InChI is InChI=1S/C20H21ClN2O7S/c21-17-7-6-16(31(26,27)23-8-10-28-11-9-23)12-18(17)22-19(24)13-30-20(25)14-29-15-4-2-1-3-5-15/h1-7,12H,8-11,13-14H2,(H,22,24).